The highest BCUT2D eigenvalue weighted by Gasteiger charge is 2.11. The monoisotopic (exact) mass is 375 g/mol. The minimum absolute atomic E-state index is 0.790. The Morgan fingerprint density at radius 3 is 1.45 bits per heavy atom. The average molecular weight is 375 g/mol. The van der Waals surface area contributed by atoms with E-state index < -0.39 is 0 Å². The lowest BCUT2D eigenvalue weighted by Gasteiger charge is -2.25. The van der Waals surface area contributed by atoms with Crippen molar-refractivity contribution in [2.24, 2.45) is 0 Å². The summed E-state index contributed by atoms with van der Waals surface area (Å²) in [5, 5.41) is 0. The molecule has 0 radical (unpaired) electrons. The number of carbonyl (C=O) groups is 1. The fourth-order valence-electron chi connectivity index (χ4n) is 3.34. The first-order chi connectivity index (χ1) is 14.3. The Hall–Kier alpha value is -3.91. The largest absolute Gasteiger partial charge is 0.311 e. The SMILES string of the molecule is O=CC=Cc1ccc(-c2ccc(N(c3ccccc3)c3ccccc3)cc2)cc1. The summed E-state index contributed by atoms with van der Waals surface area (Å²) in [6, 6.07) is 37.5. The summed E-state index contributed by atoms with van der Waals surface area (Å²) in [4.78, 5) is 12.7. The van der Waals surface area contributed by atoms with Crippen LogP contribution in [0, 0.1) is 0 Å². The molecule has 0 unspecified atom stereocenters. The summed E-state index contributed by atoms with van der Waals surface area (Å²) in [6.45, 7) is 0. The van der Waals surface area contributed by atoms with Crippen LogP contribution in [0.1, 0.15) is 5.56 Å². The summed E-state index contributed by atoms with van der Waals surface area (Å²) in [5.74, 6) is 0. The number of aldehydes is 1. The van der Waals surface area contributed by atoms with Crippen molar-refractivity contribution < 1.29 is 4.79 Å². The first-order valence-corrected chi connectivity index (χ1v) is 9.58. The summed E-state index contributed by atoms with van der Waals surface area (Å²) in [5.41, 5.74) is 6.66. The lowest BCUT2D eigenvalue weighted by atomic mass is 10.0. The van der Waals surface area contributed by atoms with Gasteiger partial charge >= 0.3 is 0 Å². The molecule has 0 saturated carbocycles. The van der Waals surface area contributed by atoms with E-state index >= 15 is 0 Å². The molecule has 0 aliphatic rings. The van der Waals surface area contributed by atoms with E-state index in [0.29, 0.717) is 0 Å². The van der Waals surface area contributed by atoms with E-state index in [1.165, 1.54) is 6.08 Å². The zero-order chi connectivity index (χ0) is 19.9. The molecule has 0 bridgehead atoms. The molecule has 0 fully saturated rings. The number of carbonyl (C=O) groups excluding carboxylic acids is 1. The van der Waals surface area contributed by atoms with Crippen LogP contribution in [0.2, 0.25) is 0 Å². The third kappa shape index (κ3) is 4.33. The van der Waals surface area contributed by atoms with Gasteiger partial charge in [-0.2, -0.15) is 0 Å². The van der Waals surface area contributed by atoms with Crippen molar-refractivity contribution in [1.29, 1.82) is 0 Å². The number of para-hydroxylation sites is 2. The summed E-state index contributed by atoms with van der Waals surface area (Å²) < 4.78 is 0. The standard InChI is InChI=1S/C27H21NO/c29-21-7-8-22-13-15-23(16-14-22)24-17-19-27(20-18-24)28(25-9-3-1-4-10-25)26-11-5-2-6-12-26/h1-21H. The molecule has 0 heterocycles. The first kappa shape index (κ1) is 18.5. The Balaban J connectivity index is 1.66. The Morgan fingerprint density at radius 2 is 0.966 bits per heavy atom. The van der Waals surface area contributed by atoms with Crippen LogP contribution in [-0.4, -0.2) is 6.29 Å². The Bertz CT molecular complexity index is 1040. The zero-order valence-electron chi connectivity index (χ0n) is 16.0. The van der Waals surface area contributed by atoms with Crippen LogP contribution in [0.25, 0.3) is 17.2 Å². The van der Waals surface area contributed by atoms with Gasteiger partial charge in [0.2, 0.25) is 0 Å². The van der Waals surface area contributed by atoms with Gasteiger partial charge in [0, 0.05) is 17.1 Å². The molecule has 4 aromatic rings. The van der Waals surface area contributed by atoms with Crippen molar-refractivity contribution in [1.82, 2.24) is 0 Å². The predicted octanol–water partition coefficient (Wildman–Crippen LogP) is 7.04. The van der Waals surface area contributed by atoms with Gasteiger partial charge in [0.05, 0.1) is 0 Å². The van der Waals surface area contributed by atoms with E-state index in [-0.39, 0.29) is 0 Å². The van der Waals surface area contributed by atoms with Crippen molar-refractivity contribution in [2.45, 2.75) is 0 Å². The van der Waals surface area contributed by atoms with Gasteiger partial charge in [-0.25, -0.2) is 0 Å². The van der Waals surface area contributed by atoms with Crippen molar-refractivity contribution in [2.75, 3.05) is 4.90 Å². The number of anilines is 3. The third-order valence-corrected chi connectivity index (χ3v) is 4.77. The molecule has 0 atom stereocenters. The van der Waals surface area contributed by atoms with Crippen LogP contribution in [0.15, 0.2) is 115 Å². The van der Waals surface area contributed by atoms with Crippen molar-refractivity contribution in [3.8, 4) is 11.1 Å². The normalized spacial score (nSPS) is 10.8. The van der Waals surface area contributed by atoms with Crippen LogP contribution in [0.5, 0.6) is 0 Å². The summed E-state index contributed by atoms with van der Waals surface area (Å²) in [7, 11) is 0. The van der Waals surface area contributed by atoms with Crippen LogP contribution < -0.4 is 4.90 Å². The number of hydrogen-bond donors (Lipinski definition) is 0. The van der Waals surface area contributed by atoms with Crippen LogP contribution in [0.4, 0.5) is 17.1 Å². The topological polar surface area (TPSA) is 20.3 Å². The molecule has 29 heavy (non-hydrogen) atoms. The maximum atomic E-state index is 10.5. The molecular weight excluding hydrogens is 354 g/mol. The van der Waals surface area contributed by atoms with Crippen molar-refractivity contribution in [3.63, 3.8) is 0 Å². The van der Waals surface area contributed by atoms with Crippen LogP contribution >= 0.6 is 0 Å². The molecule has 0 spiro atoms. The highest BCUT2D eigenvalue weighted by molar-refractivity contribution is 5.78. The average Bonchev–Trinajstić information content (AvgIpc) is 2.80. The van der Waals surface area contributed by atoms with Gasteiger partial charge in [-0.1, -0.05) is 78.9 Å². The fourth-order valence-corrected chi connectivity index (χ4v) is 3.34. The molecule has 0 aliphatic carbocycles. The molecule has 4 rings (SSSR count). The van der Waals surface area contributed by atoms with E-state index in [2.05, 4.69) is 89.8 Å². The van der Waals surface area contributed by atoms with Crippen LogP contribution in [-0.2, 0) is 4.79 Å². The van der Waals surface area contributed by atoms with E-state index in [1.807, 2.05) is 24.3 Å². The number of rotatable bonds is 6. The second-order valence-electron chi connectivity index (χ2n) is 6.67. The van der Waals surface area contributed by atoms with Gasteiger partial charge in [-0.15, -0.1) is 0 Å². The number of hydrogen-bond acceptors (Lipinski definition) is 2. The smallest absolute Gasteiger partial charge is 0.142 e. The summed E-state index contributed by atoms with van der Waals surface area (Å²) >= 11 is 0. The van der Waals surface area contributed by atoms with Crippen LogP contribution in [0.3, 0.4) is 0 Å². The molecule has 2 heteroatoms. The molecule has 140 valence electrons. The predicted molar refractivity (Wildman–Crippen MR) is 122 cm³/mol. The highest BCUT2D eigenvalue weighted by atomic mass is 16.1. The first-order valence-electron chi connectivity index (χ1n) is 9.58. The molecule has 0 saturated heterocycles. The highest BCUT2D eigenvalue weighted by Crippen LogP contribution is 2.35. The molecule has 0 aliphatic heterocycles. The Kier molecular flexibility index (Phi) is 5.63. The van der Waals surface area contributed by atoms with Gasteiger partial charge in [-0.05, 0) is 59.2 Å². The zero-order valence-corrected chi connectivity index (χ0v) is 16.0. The molecule has 0 amide bonds. The molecule has 4 aromatic carbocycles. The Morgan fingerprint density at radius 1 is 0.517 bits per heavy atom. The minimum Gasteiger partial charge on any atom is -0.311 e. The molecular formula is C27H21NO. The van der Waals surface area contributed by atoms with E-state index in [0.717, 1.165) is 40.0 Å². The van der Waals surface area contributed by atoms with Gasteiger partial charge in [0.25, 0.3) is 0 Å². The van der Waals surface area contributed by atoms with E-state index in [9.17, 15) is 4.79 Å². The third-order valence-electron chi connectivity index (χ3n) is 4.77. The van der Waals surface area contributed by atoms with E-state index in [4.69, 9.17) is 0 Å². The lowest BCUT2D eigenvalue weighted by Crippen LogP contribution is -2.09. The minimum atomic E-state index is 0.790. The number of nitrogens with zero attached hydrogens (tertiary/aromatic N) is 1. The second kappa shape index (κ2) is 8.85. The molecule has 0 aromatic heterocycles. The van der Waals surface area contributed by atoms with Crippen molar-refractivity contribution in [3.05, 3.63) is 121 Å². The maximum Gasteiger partial charge on any atom is 0.142 e. The number of allylic oxidation sites excluding steroid dienone is 1. The maximum absolute atomic E-state index is 10.5. The van der Waals surface area contributed by atoms with Gasteiger partial charge < -0.3 is 4.90 Å². The fraction of sp³-hybridized carbons (Fsp3) is 0. The number of benzene rings is 4. The Labute approximate surface area is 171 Å². The van der Waals surface area contributed by atoms with Gasteiger partial charge in [0.15, 0.2) is 0 Å². The van der Waals surface area contributed by atoms with Gasteiger partial charge in [-0.3, -0.25) is 4.79 Å². The second-order valence-corrected chi connectivity index (χ2v) is 6.67. The van der Waals surface area contributed by atoms with Crippen molar-refractivity contribution >= 4 is 29.4 Å². The quantitative estimate of drug-likeness (QED) is 0.266. The van der Waals surface area contributed by atoms with Gasteiger partial charge in [0.1, 0.15) is 6.29 Å². The lowest BCUT2D eigenvalue weighted by molar-refractivity contribution is -0.104. The van der Waals surface area contributed by atoms with E-state index in [1.54, 1.807) is 6.08 Å². The molecule has 2 nitrogen and oxygen atoms in total. The summed E-state index contributed by atoms with van der Waals surface area (Å²) in [6.07, 6.45) is 4.10. The molecule has 0 N–H and O–H groups in total.